The molecule has 0 saturated heterocycles. The van der Waals surface area contributed by atoms with Crippen LogP contribution in [0.1, 0.15) is 16.8 Å². The second-order valence-electron chi connectivity index (χ2n) is 7.23. The number of hydrogen-bond donors (Lipinski definition) is 1. The van der Waals surface area contributed by atoms with Gasteiger partial charge in [-0.3, -0.25) is 14.9 Å². The number of para-hydroxylation sites is 1. The molecule has 1 amide bonds. The lowest BCUT2D eigenvalue weighted by atomic mass is 9.77. The van der Waals surface area contributed by atoms with Crippen LogP contribution in [0.25, 0.3) is 10.9 Å². The van der Waals surface area contributed by atoms with E-state index in [1.165, 1.54) is 0 Å². The van der Waals surface area contributed by atoms with Crippen molar-refractivity contribution < 1.29 is 9.53 Å². The molecule has 0 radical (unpaired) electrons. The Morgan fingerprint density at radius 1 is 1.11 bits per heavy atom. The van der Waals surface area contributed by atoms with Gasteiger partial charge in [-0.2, -0.15) is 5.10 Å². The minimum absolute atomic E-state index is 0.0287. The summed E-state index contributed by atoms with van der Waals surface area (Å²) in [5, 5.41) is 8.04. The second kappa shape index (κ2) is 5.42. The minimum Gasteiger partial charge on any atom is -0.491 e. The van der Waals surface area contributed by atoms with E-state index >= 15 is 0 Å². The number of fused-ring (bicyclic) bond motifs is 5. The fourth-order valence-electron chi connectivity index (χ4n) is 4.42. The molecule has 2 aliphatic rings. The van der Waals surface area contributed by atoms with Crippen molar-refractivity contribution in [2.24, 2.45) is 0 Å². The highest BCUT2D eigenvalue weighted by molar-refractivity contribution is 6.11. The molecule has 1 N–H and O–H groups in total. The Bertz CT molecular complexity index is 1230. The number of aromatic nitrogens is 3. The van der Waals surface area contributed by atoms with Gasteiger partial charge in [0.25, 0.3) is 0 Å². The van der Waals surface area contributed by atoms with E-state index in [0.717, 1.165) is 39.2 Å². The van der Waals surface area contributed by atoms with Crippen molar-refractivity contribution in [2.45, 2.75) is 12.0 Å². The van der Waals surface area contributed by atoms with E-state index in [-0.39, 0.29) is 5.91 Å². The average Bonchev–Trinajstić information content (AvgIpc) is 3.40. The summed E-state index contributed by atoms with van der Waals surface area (Å²) >= 11 is 0. The normalized spacial score (nSPS) is 19.9. The molecule has 6 heteroatoms. The van der Waals surface area contributed by atoms with Gasteiger partial charge in [-0.05, 0) is 29.8 Å². The van der Waals surface area contributed by atoms with Crippen molar-refractivity contribution in [2.75, 3.05) is 11.5 Å². The van der Waals surface area contributed by atoms with E-state index in [2.05, 4.69) is 15.2 Å². The first-order valence-corrected chi connectivity index (χ1v) is 9.19. The summed E-state index contributed by atoms with van der Waals surface area (Å²) < 4.78 is 6.03. The first-order chi connectivity index (χ1) is 13.8. The van der Waals surface area contributed by atoms with Crippen LogP contribution in [-0.2, 0) is 16.8 Å². The predicted molar refractivity (Wildman–Crippen MR) is 104 cm³/mol. The largest absolute Gasteiger partial charge is 0.491 e. The van der Waals surface area contributed by atoms with Crippen molar-refractivity contribution in [3.63, 3.8) is 0 Å². The van der Waals surface area contributed by atoms with Gasteiger partial charge in [0.05, 0.1) is 24.0 Å². The van der Waals surface area contributed by atoms with E-state index in [1.54, 1.807) is 12.4 Å². The van der Waals surface area contributed by atoms with Gasteiger partial charge in [0.2, 0.25) is 5.91 Å². The van der Waals surface area contributed by atoms with Gasteiger partial charge in [0.15, 0.2) is 0 Å². The van der Waals surface area contributed by atoms with Gasteiger partial charge in [-0.1, -0.05) is 24.3 Å². The van der Waals surface area contributed by atoms with Crippen molar-refractivity contribution in [3.05, 3.63) is 83.8 Å². The molecule has 0 aliphatic carbocycles. The van der Waals surface area contributed by atoms with Crippen LogP contribution in [0.3, 0.4) is 0 Å². The van der Waals surface area contributed by atoms with Crippen LogP contribution in [0.2, 0.25) is 0 Å². The van der Waals surface area contributed by atoms with E-state index in [9.17, 15) is 4.79 Å². The number of pyridine rings is 1. The summed E-state index contributed by atoms with van der Waals surface area (Å²) in [6.07, 6.45) is 3.53. The maximum Gasteiger partial charge on any atom is 0.246 e. The van der Waals surface area contributed by atoms with Crippen molar-refractivity contribution in [1.82, 2.24) is 15.2 Å². The standard InChI is InChI=1S/C22H16N4O2/c27-21-22(13-28-20-10-18-14(9-17(20)22)11-24-25-18)16-6-1-2-7-19(16)26(21)12-15-5-3-4-8-23-15/h1-11H,12-13H2,(H,24,25). The fraction of sp³-hybridized carbons (Fsp3) is 0.136. The van der Waals surface area contributed by atoms with E-state index in [0.29, 0.717) is 13.2 Å². The Kier molecular flexibility index (Phi) is 2.98. The molecule has 6 nitrogen and oxygen atoms in total. The number of anilines is 1. The lowest BCUT2D eigenvalue weighted by Crippen LogP contribution is -2.42. The number of aromatic amines is 1. The van der Waals surface area contributed by atoms with Crippen LogP contribution < -0.4 is 9.64 Å². The molecule has 6 rings (SSSR count). The van der Waals surface area contributed by atoms with Crippen LogP contribution in [0.15, 0.2) is 67.0 Å². The molecule has 4 heterocycles. The molecule has 2 aliphatic heterocycles. The lowest BCUT2D eigenvalue weighted by Gasteiger charge is -2.23. The second-order valence-corrected chi connectivity index (χ2v) is 7.23. The molecule has 0 bridgehead atoms. The molecule has 28 heavy (non-hydrogen) atoms. The summed E-state index contributed by atoms with van der Waals surface area (Å²) in [7, 11) is 0. The van der Waals surface area contributed by atoms with Gasteiger partial charge in [0, 0.05) is 28.9 Å². The van der Waals surface area contributed by atoms with Gasteiger partial charge < -0.3 is 9.64 Å². The van der Waals surface area contributed by atoms with E-state index < -0.39 is 5.41 Å². The molecule has 0 saturated carbocycles. The molecule has 1 unspecified atom stereocenters. The number of nitrogens with one attached hydrogen (secondary N) is 1. The number of amides is 1. The van der Waals surface area contributed by atoms with Crippen molar-refractivity contribution >= 4 is 22.5 Å². The van der Waals surface area contributed by atoms with Crippen molar-refractivity contribution in [3.8, 4) is 5.75 Å². The summed E-state index contributed by atoms with van der Waals surface area (Å²) in [5.74, 6) is 0.764. The number of ether oxygens (including phenoxy) is 1. The Hall–Kier alpha value is -3.67. The molecule has 136 valence electrons. The Morgan fingerprint density at radius 2 is 2.00 bits per heavy atom. The smallest absolute Gasteiger partial charge is 0.246 e. The molecule has 1 spiro atoms. The number of carbonyl (C=O) groups excluding carboxylic acids is 1. The molecular weight excluding hydrogens is 352 g/mol. The summed E-state index contributed by atoms with van der Waals surface area (Å²) in [5.41, 5.74) is 3.74. The van der Waals surface area contributed by atoms with Crippen LogP contribution in [0.4, 0.5) is 5.69 Å². The number of benzene rings is 2. The first-order valence-electron chi connectivity index (χ1n) is 9.19. The number of nitrogens with zero attached hydrogens (tertiary/aromatic N) is 3. The zero-order valence-corrected chi connectivity index (χ0v) is 14.9. The maximum atomic E-state index is 13.8. The highest BCUT2D eigenvalue weighted by Crippen LogP contribution is 2.53. The molecule has 1 atom stereocenters. The van der Waals surface area contributed by atoms with Crippen LogP contribution in [0, 0.1) is 0 Å². The SMILES string of the molecule is O=C1N(Cc2ccccn2)c2ccccc2C12COc1cc3[nH]ncc3cc12. The maximum absolute atomic E-state index is 13.8. The molecule has 4 aromatic rings. The summed E-state index contributed by atoms with van der Waals surface area (Å²) in [6, 6.07) is 17.7. The number of H-pyrrole nitrogens is 1. The van der Waals surface area contributed by atoms with Gasteiger partial charge in [-0.15, -0.1) is 0 Å². The number of rotatable bonds is 2. The zero-order chi connectivity index (χ0) is 18.7. The van der Waals surface area contributed by atoms with E-state index in [1.807, 2.05) is 59.5 Å². The highest BCUT2D eigenvalue weighted by Gasteiger charge is 2.56. The topological polar surface area (TPSA) is 71.1 Å². The fourth-order valence-corrected chi connectivity index (χ4v) is 4.42. The van der Waals surface area contributed by atoms with Gasteiger partial charge in [-0.25, -0.2) is 0 Å². The molecule has 0 fully saturated rings. The summed E-state index contributed by atoms with van der Waals surface area (Å²) in [6.45, 7) is 0.735. The Morgan fingerprint density at radius 3 is 2.89 bits per heavy atom. The number of carbonyl (C=O) groups is 1. The van der Waals surface area contributed by atoms with Crippen LogP contribution in [0.5, 0.6) is 5.75 Å². The highest BCUT2D eigenvalue weighted by atomic mass is 16.5. The van der Waals surface area contributed by atoms with Gasteiger partial charge in [0.1, 0.15) is 17.8 Å². The monoisotopic (exact) mass is 368 g/mol. The third-order valence-corrected chi connectivity index (χ3v) is 5.76. The van der Waals surface area contributed by atoms with Gasteiger partial charge >= 0.3 is 0 Å². The Balaban J connectivity index is 1.55. The summed E-state index contributed by atoms with van der Waals surface area (Å²) in [4.78, 5) is 20.1. The number of hydrogen-bond acceptors (Lipinski definition) is 4. The van der Waals surface area contributed by atoms with E-state index in [4.69, 9.17) is 4.74 Å². The third kappa shape index (κ3) is 1.89. The molecular formula is C22H16N4O2. The average molecular weight is 368 g/mol. The third-order valence-electron chi connectivity index (χ3n) is 5.76. The molecule has 2 aromatic heterocycles. The molecule has 2 aromatic carbocycles. The lowest BCUT2D eigenvalue weighted by molar-refractivity contribution is -0.122. The van der Waals surface area contributed by atoms with Crippen molar-refractivity contribution in [1.29, 1.82) is 0 Å². The first kappa shape index (κ1) is 15.4. The Labute approximate surface area is 160 Å². The predicted octanol–water partition coefficient (Wildman–Crippen LogP) is 3.18. The van der Waals surface area contributed by atoms with Crippen LogP contribution in [-0.4, -0.2) is 27.7 Å². The quantitative estimate of drug-likeness (QED) is 0.590. The van der Waals surface area contributed by atoms with Crippen LogP contribution >= 0.6 is 0 Å². The minimum atomic E-state index is -0.827. The zero-order valence-electron chi connectivity index (χ0n) is 14.9.